The van der Waals surface area contributed by atoms with E-state index in [2.05, 4.69) is 5.32 Å². The molecule has 2 atom stereocenters. The van der Waals surface area contributed by atoms with Crippen LogP contribution in [0.15, 0.2) is 0 Å². The van der Waals surface area contributed by atoms with Crippen LogP contribution in [0.1, 0.15) is 25.7 Å². The summed E-state index contributed by atoms with van der Waals surface area (Å²) in [6.07, 6.45) is 4.24. The Morgan fingerprint density at radius 2 is 2.29 bits per heavy atom. The monoisotopic (exact) mass is 262 g/mol. The van der Waals surface area contributed by atoms with Gasteiger partial charge >= 0.3 is 0 Å². The van der Waals surface area contributed by atoms with Crippen molar-refractivity contribution in [1.82, 2.24) is 10.2 Å². The highest BCUT2D eigenvalue weighted by Crippen LogP contribution is 2.18. The number of likely N-dealkylation sites (tertiary alicyclic amines) is 1. The molecule has 4 nitrogen and oxygen atoms in total. The Morgan fingerprint density at radius 3 is 2.88 bits per heavy atom. The predicted molar refractivity (Wildman–Crippen MR) is 69.5 cm³/mol. The van der Waals surface area contributed by atoms with Gasteiger partial charge in [-0.05, 0) is 38.3 Å². The number of hydrogen-bond acceptors (Lipinski definition) is 3. The molecule has 0 aliphatic carbocycles. The number of amides is 1. The molecule has 0 saturated carbocycles. The minimum atomic E-state index is 0. The number of nitrogens with zero attached hydrogens (tertiary/aromatic N) is 1. The van der Waals surface area contributed by atoms with Gasteiger partial charge in [0.1, 0.15) is 0 Å². The average Bonchev–Trinajstić information content (AvgIpc) is 2.96. The van der Waals surface area contributed by atoms with E-state index in [1.165, 1.54) is 6.42 Å². The number of rotatable bonds is 4. The molecular formula is C12H23ClN2O2. The molecule has 5 heteroatoms. The van der Waals surface area contributed by atoms with E-state index in [4.69, 9.17) is 4.74 Å². The van der Waals surface area contributed by atoms with E-state index in [1.807, 2.05) is 4.90 Å². The molecule has 2 fully saturated rings. The molecule has 2 aliphatic heterocycles. The second-order valence-corrected chi connectivity index (χ2v) is 4.88. The molecule has 2 rings (SSSR count). The van der Waals surface area contributed by atoms with Crippen LogP contribution >= 0.6 is 12.4 Å². The summed E-state index contributed by atoms with van der Waals surface area (Å²) in [6.45, 7) is 3.88. The zero-order valence-corrected chi connectivity index (χ0v) is 11.3. The van der Waals surface area contributed by atoms with Crippen molar-refractivity contribution < 1.29 is 9.53 Å². The summed E-state index contributed by atoms with van der Waals surface area (Å²) in [4.78, 5) is 13.9. The lowest BCUT2D eigenvalue weighted by Gasteiger charge is -2.17. The largest absolute Gasteiger partial charge is 0.380 e. The molecule has 0 aromatic rings. The van der Waals surface area contributed by atoms with Crippen LogP contribution in [0.5, 0.6) is 0 Å². The van der Waals surface area contributed by atoms with Gasteiger partial charge in [-0.25, -0.2) is 0 Å². The highest BCUT2D eigenvalue weighted by molar-refractivity contribution is 5.85. The fourth-order valence-electron chi connectivity index (χ4n) is 2.59. The summed E-state index contributed by atoms with van der Waals surface area (Å²) in [6, 6.07) is 0. The fraction of sp³-hybridized carbons (Fsp3) is 0.917. The molecule has 0 bridgehead atoms. The molecule has 17 heavy (non-hydrogen) atoms. The Hall–Kier alpha value is -0.320. The molecule has 1 N–H and O–H groups in total. The van der Waals surface area contributed by atoms with Gasteiger partial charge in [-0.2, -0.15) is 0 Å². The maximum Gasteiger partial charge on any atom is 0.222 e. The van der Waals surface area contributed by atoms with E-state index in [-0.39, 0.29) is 18.5 Å². The zero-order valence-electron chi connectivity index (χ0n) is 10.5. The van der Waals surface area contributed by atoms with Crippen LogP contribution in [0.3, 0.4) is 0 Å². The van der Waals surface area contributed by atoms with Crippen LogP contribution in [-0.4, -0.2) is 50.2 Å². The van der Waals surface area contributed by atoms with Crippen molar-refractivity contribution in [2.24, 2.45) is 5.92 Å². The normalized spacial score (nSPS) is 28.2. The van der Waals surface area contributed by atoms with Gasteiger partial charge in [0.15, 0.2) is 0 Å². The summed E-state index contributed by atoms with van der Waals surface area (Å²) in [5.74, 6) is 1.02. The second-order valence-electron chi connectivity index (χ2n) is 4.88. The molecule has 2 heterocycles. The maximum absolute atomic E-state index is 11.9. The van der Waals surface area contributed by atoms with Gasteiger partial charge in [-0.1, -0.05) is 0 Å². The third kappa shape index (κ3) is 4.12. The Kier molecular flexibility index (Phi) is 6.23. The highest BCUT2D eigenvalue weighted by Gasteiger charge is 2.26. The van der Waals surface area contributed by atoms with Gasteiger partial charge in [-0.15, -0.1) is 12.4 Å². The molecule has 0 aromatic heterocycles. The van der Waals surface area contributed by atoms with Gasteiger partial charge in [0.05, 0.1) is 6.10 Å². The van der Waals surface area contributed by atoms with Gasteiger partial charge in [-0.3, -0.25) is 4.79 Å². The first-order valence-corrected chi connectivity index (χ1v) is 6.31. The van der Waals surface area contributed by atoms with Crippen molar-refractivity contribution in [1.29, 1.82) is 0 Å². The van der Waals surface area contributed by atoms with Crippen molar-refractivity contribution in [3.63, 3.8) is 0 Å². The molecule has 0 aromatic carbocycles. The molecule has 2 saturated heterocycles. The number of nitrogens with one attached hydrogen (secondary N) is 1. The predicted octanol–water partition coefficient (Wildman–Crippen LogP) is 1.05. The first kappa shape index (κ1) is 14.7. The maximum atomic E-state index is 11.9. The van der Waals surface area contributed by atoms with Gasteiger partial charge in [0.2, 0.25) is 5.91 Å². The molecule has 100 valence electrons. The second kappa shape index (κ2) is 7.19. The van der Waals surface area contributed by atoms with E-state index in [9.17, 15) is 4.79 Å². The average molecular weight is 263 g/mol. The summed E-state index contributed by atoms with van der Waals surface area (Å²) in [5, 5.41) is 3.34. The molecule has 2 aliphatic rings. The Balaban J connectivity index is 0.00000144. The van der Waals surface area contributed by atoms with E-state index in [0.717, 1.165) is 39.0 Å². The molecule has 1 amide bonds. The van der Waals surface area contributed by atoms with Crippen LogP contribution in [-0.2, 0) is 9.53 Å². The Morgan fingerprint density at radius 1 is 1.47 bits per heavy atom. The quantitative estimate of drug-likeness (QED) is 0.823. The van der Waals surface area contributed by atoms with Gasteiger partial charge in [0.25, 0.3) is 0 Å². The van der Waals surface area contributed by atoms with Crippen LogP contribution < -0.4 is 5.32 Å². The Bertz CT molecular complexity index is 245. The van der Waals surface area contributed by atoms with Crippen LogP contribution in [0.25, 0.3) is 0 Å². The van der Waals surface area contributed by atoms with Crippen molar-refractivity contribution in [2.75, 3.05) is 33.3 Å². The van der Waals surface area contributed by atoms with Crippen LogP contribution in [0.2, 0.25) is 0 Å². The summed E-state index contributed by atoms with van der Waals surface area (Å²) < 4.78 is 5.27. The minimum absolute atomic E-state index is 0. The third-order valence-corrected chi connectivity index (χ3v) is 3.76. The summed E-state index contributed by atoms with van der Waals surface area (Å²) >= 11 is 0. The zero-order chi connectivity index (χ0) is 11.4. The SMILES string of the molecule is CO[C@@H]1CCN(C(=O)CCC2CCNC2)C1.Cl. The van der Waals surface area contributed by atoms with Gasteiger partial charge < -0.3 is 15.0 Å². The van der Waals surface area contributed by atoms with Crippen molar-refractivity contribution in [3.8, 4) is 0 Å². The van der Waals surface area contributed by atoms with E-state index in [1.54, 1.807) is 7.11 Å². The molecule has 0 radical (unpaired) electrons. The summed E-state index contributed by atoms with van der Waals surface area (Å²) in [7, 11) is 1.73. The first-order chi connectivity index (χ1) is 7.79. The van der Waals surface area contributed by atoms with E-state index in [0.29, 0.717) is 18.2 Å². The minimum Gasteiger partial charge on any atom is -0.380 e. The fourth-order valence-corrected chi connectivity index (χ4v) is 2.59. The number of carbonyl (C=O) groups is 1. The van der Waals surface area contributed by atoms with E-state index >= 15 is 0 Å². The van der Waals surface area contributed by atoms with Gasteiger partial charge in [0, 0.05) is 26.6 Å². The number of ether oxygens (including phenoxy) is 1. The standard InChI is InChI=1S/C12H22N2O2.ClH/c1-16-11-5-7-14(9-11)12(15)3-2-10-4-6-13-8-10;/h10-11,13H,2-9H2,1H3;1H/t10?,11-;/m1./s1. The lowest BCUT2D eigenvalue weighted by atomic mass is 10.0. The highest BCUT2D eigenvalue weighted by atomic mass is 35.5. The number of methoxy groups -OCH3 is 1. The summed E-state index contributed by atoms with van der Waals surface area (Å²) in [5.41, 5.74) is 0. The van der Waals surface area contributed by atoms with E-state index < -0.39 is 0 Å². The number of hydrogen-bond donors (Lipinski definition) is 1. The van der Waals surface area contributed by atoms with Crippen molar-refractivity contribution in [3.05, 3.63) is 0 Å². The lowest BCUT2D eigenvalue weighted by Crippen LogP contribution is -2.30. The Labute approximate surface area is 109 Å². The van der Waals surface area contributed by atoms with Crippen molar-refractivity contribution in [2.45, 2.75) is 31.8 Å². The smallest absolute Gasteiger partial charge is 0.222 e. The molecule has 1 unspecified atom stereocenters. The van der Waals surface area contributed by atoms with Crippen LogP contribution in [0.4, 0.5) is 0 Å². The van der Waals surface area contributed by atoms with Crippen molar-refractivity contribution >= 4 is 18.3 Å². The lowest BCUT2D eigenvalue weighted by molar-refractivity contribution is -0.130. The molecule has 0 spiro atoms. The molecular weight excluding hydrogens is 240 g/mol. The topological polar surface area (TPSA) is 41.6 Å². The number of halogens is 1. The third-order valence-electron chi connectivity index (χ3n) is 3.76. The number of carbonyl (C=O) groups excluding carboxylic acids is 1. The van der Waals surface area contributed by atoms with Crippen LogP contribution in [0, 0.1) is 5.92 Å². The first-order valence-electron chi connectivity index (χ1n) is 6.31.